The maximum absolute atomic E-state index is 13.3. The number of hydrogen-bond donors (Lipinski definition) is 0. The zero-order chi connectivity index (χ0) is 19.1. The molecule has 1 saturated heterocycles. The van der Waals surface area contributed by atoms with Gasteiger partial charge in [0, 0.05) is 34.9 Å². The number of carbonyl (C=O) groups is 1. The third kappa shape index (κ3) is 2.93. The van der Waals surface area contributed by atoms with Gasteiger partial charge in [-0.25, -0.2) is 4.68 Å². The van der Waals surface area contributed by atoms with Crippen molar-refractivity contribution in [2.24, 2.45) is 0 Å². The maximum atomic E-state index is 13.3. The fourth-order valence-electron chi connectivity index (χ4n) is 3.81. The number of aryl methyl sites for hydroxylation is 1. The van der Waals surface area contributed by atoms with E-state index in [9.17, 15) is 4.79 Å². The van der Waals surface area contributed by atoms with Gasteiger partial charge in [-0.05, 0) is 31.2 Å². The molecule has 3 aromatic rings. The Hall–Kier alpha value is -2.57. The third-order valence-corrected chi connectivity index (χ3v) is 6.35. The number of carbonyl (C=O) groups excluding carboxylic acids is 1. The van der Waals surface area contributed by atoms with Crippen LogP contribution in [0, 0.1) is 6.92 Å². The van der Waals surface area contributed by atoms with E-state index in [2.05, 4.69) is 25.1 Å². The molecule has 2 aromatic carbocycles. The summed E-state index contributed by atoms with van der Waals surface area (Å²) >= 11 is 1.78. The summed E-state index contributed by atoms with van der Waals surface area (Å²) in [5, 5.41) is 4.84. The summed E-state index contributed by atoms with van der Waals surface area (Å²) in [5.74, 6) is 0.759. The second kappa shape index (κ2) is 7.11. The molecule has 0 spiro atoms. The first-order chi connectivity index (χ1) is 13.7. The zero-order valence-corrected chi connectivity index (χ0v) is 16.5. The first-order valence-electron chi connectivity index (χ1n) is 9.50. The van der Waals surface area contributed by atoms with Gasteiger partial charge in [0.15, 0.2) is 5.69 Å². The smallest absolute Gasteiger partial charge is 0.274 e. The van der Waals surface area contributed by atoms with E-state index >= 15 is 0 Å². The summed E-state index contributed by atoms with van der Waals surface area (Å²) < 4.78 is 7.35. The van der Waals surface area contributed by atoms with Crippen LogP contribution in [0.3, 0.4) is 0 Å². The average molecular weight is 391 g/mol. The summed E-state index contributed by atoms with van der Waals surface area (Å²) in [4.78, 5) is 16.4. The number of para-hydroxylation sites is 1. The first-order valence-corrected chi connectivity index (χ1v) is 10.5. The highest BCUT2D eigenvalue weighted by atomic mass is 32.2. The van der Waals surface area contributed by atoms with Crippen molar-refractivity contribution in [2.75, 3.05) is 26.3 Å². The standard InChI is InChI=1S/C22H21N3O2S/c1-15-7-8-19-17(13-15)21-18(14-28-19)20(22(26)24-9-11-27-12-10-24)23-25(21)16-5-3-2-4-6-16/h2-8,13H,9-12,14H2,1H3. The Balaban J connectivity index is 1.70. The molecule has 2 aliphatic heterocycles. The molecule has 0 saturated carbocycles. The van der Waals surface area contributed by atoms with Crippen LogP contribution in [0.15, 0.2) is 53.4 Å². The van der Waals surface area contributed by atoms with Crippen LogP contribution in [-0.2, 0) is 10.5 Å². The predicted molar refractivity (Wildman–Crippen MR) is 110 cm³/mol. The van der Waals surface area contributed by atoms with E-state index in [0.29, 0.717) is 32.0 Å². The number of rotatable bonds is 2. The van der Waals surface area contributed by atoms with E-state index in [1.165, 1.54) is 10.5 Å². The molecule has 142 valence electrons. The Morgan fingerprint density at radius 3 is 2.68 bits per heavy atom. The second-order valence-corrected chi connectivity index (χ2v) is 8.13. The van der Waals surface area contributed by atoms with Gasteiger partial charge in [0.25, 0.3) is 5.91 Å². The Labute approximate surface area is 168 Å². The molecule has 1 aromatic heterocycles. The number of benzene rings is 2. The second-order valence-electron chi connectivity index (χ2n) is 7.12. The number of nitrogens with zero attached hydrogens (tertiary/aromatic N) is 3. The van der Waals surface area contributed by atoms with Crippen LogP contribution in [0.5, 0.6) is 0 Å². The molecule has 1 fully saturated rings. The molecule has 28 heavy (non-hydrogen) atoms. The summed E-state index contributed by atoms with van der Waals surface area (Å²) in [7, 11) is 0. The lowest BCUT2D eigenvalue weighted by atomic mass is 10.0. The quantitative estimate of drug-likeness (QED) is 0.664. The van der Waals surface area contributed by atoms with Crippen LogP contribution in [0.4, 0.5) is 0 Å². The van der Waals surface area contributed by atoms with Crippen molar-refractivity contribution in [3.8, 4) is 16.9 Å². The number of amides is 1. The Morgan fingerprint density at radius 2 is 1.89 bits per heavy atom. The fraction of sp³-hybridized carbons (Fsp3) is 0.273. The Bertz CT molecular complexity index is 1040. The van der Waals surface area contributed by atoms with Crippen molar-refractivity contribution >= 4 is 17.7 Å². The zero-order valence-electron chi connectivity index (χ0n) is 15.7. The average Bonchev–Trinajstić information content (AvgIpc) is 3.14. The molecule has 5 rings (SSSR count). The first kappa shape index (κ1) is 17.5. The van der Waals surface area contributed by atoms with Crippen molar-refractivity contribution < 1.29 is 9.53 Å². The lowest BCUT2D eigenvalue weighted by Crippen LogP contribution is -2.41. The van der Waals surface area contributed by atoms with Gasteiger partial charge in [-0.2, -0.15) is 5.10 Å². The van der Waals surface area contributed by atoms with E-state index in [0.717, 1.165) is 28.3 Å². The lowest BCUT2D eigenvalue weighted by molar-refractivity contribution is 0.0298. The molecular formula is C22H21N3O2S. The lowest BCUT2D eigenvalue weighted by Gasteiger charge is -2.26. The Kier molecular flexibility index (Phi) is 4.45. The predicted octanol–water partition coefficient (Wildman–Crippen LogP) is 3.93. The van der Waals surface area contributed by atoms with Crippen molar-refractivity contribution in [2.45, 2.75) is 17.6 Å². The van der Waals surface area contributed by atoms with Crippen LogP contribution < -0.4 is 0 Å². The molecule has 0 aliphatic carbocycles. The van der Waals surface area contributed by atoms with Gasteiger partial charge in [0.05, 0.1) is 24.6 Å². The van der Waals surface area contributed by atoms with E-state index < -0.39 is 0 Å². The molecule has 2 aliphatic rings. The molecule has 0 N–H and O–H groups in total. The largest absolute Gasteiger partial charge is 0.378 e. The van der Waals surface area contributed by atoms with Crippen LogP contribution >= 0.6 is 11.8 Å². The summed E-state index contributed by atoms with van der Waals surface area (Å²) in [6, 6.07) is 16.6. The van der Waals surface area contributed by atoms with E-state index in [1.807, 2.05) is 39.9 Å². The number of ether oxygens (including phenoxy) is 1. The molecule has 1 amide bonds. The number of thioether (sulfide) groups is 1. The molecule has 6 heteroatoms. The van der Waals surface area contributed by atoms with Crippen LogP contribution in [-0.4, -0.2) is 46.9 Å². The SMILES string of the molecule is Cc1ccc2c(c1)-c1c(c(C(=O)N3CCOCC3)nn1-c1ccccc1)CS2. The van der Waals surface area contributed by atoms with Crippen molar-refractivity contribution in [1.29, 1.82) is 0 Å². The van der Waals surface area contributed by atoms with Crippen LogP contribution in [0.1, 0.15) is 21.6 Å². The molecule has 3 heterocycles. The molecular weight excluding hydrogens is 370 g/mol. The summed E-state index contributed by atoms with van der Waals surface area (Å²) in [6.07, 6.45) is 0. The van der Waals surface area contributed by atoms with Gasteiger partial charge in [0.2, 0.25) is 0 Å². The van der Waals surface area contributed by atoms with E-state index in [-0.39, 0.29) is 5.91 Å². The van der Waals surface area contributed by atoms with Gasteiger partial charge in [-0.1, -0.05) is 29.8 Å². The summed E-state index contributed by atoms with van der Waals surface area (Å²) in [5.41, 5.74) is 5.97. The van der Waals surface area contributed by atoms with Gasteiger partial charge in [-0.15, -0.1) is 11.8 Å². The van der Waals surface area contributed by atoms with Gasteiger partial charge >= 0.3 is 0 Å². The third-order valence-electron chi connectivity index (χ3n) is 5.25. The van der Waals surface area contributed by atoms with Gasteiger partial charge in [-0.3, -0.25) is 4.79 Å². The van der Waals surface area contributed by atoms with Crippen molar-refractivity contribution in [3.05, 3.63) is 65.4 Å². The number of fused-ring (bicyclic) bond motifs is 3. The number of aromatic nitrogens is 2. The summed E-state index contributed by atoms with van der Waals surface area (Å²) in [6.45, 7) is 4.51. The molecule has 0 radical (unpaired) electrons. The van der Waals surface area contributed by atoms with Crippen molar-refractivity contribution in [3.63, 3.8) is 0 Å². The van der Waals surface area contributed by atoms with Crippen molar-refractivity contribution in [1.82, 2.24) is 14.7 Å². The topological polar surface area (TPSA) is 47.4 Å². The number of morpholine rings is 1. The van der Waals surface area contributed by atoms with E-state index in [4.69, 9.17) is 9.84 Å². The normalized spacial score (nSPS) is 15.8. The minimum Gasteiger partial charge on any atom is -0.378 e. The van der Waals surface area contributed by atoms with Crippen LogP contribution in [0.25, 0.3) is 16.9 Å². The highest BCUT2D eigenvalue weighted by molar-refractivity contribution is 7.98. The van der Waals surface area contributed by atoms with E-state index in [1.54, 1.807) is 11.8 Å². The van der Waals surface area contributed by atoms with Gasteiger partial charge in [0.1, 0.15) is 0 Å². The maximum Gasteiger partial charge on any atom is 0.274 e. The van der Waals surface area contributed by atoms with Crippen LogP contribution in [0.2, 0.25) is 0 Å². The minimum absolute atomic E-state index is 0.00549. The monoisotopic (exact) mass is 391 g/mol. The Morgan fingerprint density at radius 1 is 1.11 bits per heavy atom. The van der Waals surface area contributed by atoms with Gasteiger partial charge < -0.3 is 9.64 Å². The highest BCUT2D eigenvalue weighted by Crippen LogP contribution is 2.44. The number of hydrogen-bond acceptors (Lipinski definition) is 4. The molecule has 5 nitrogen and oxygen atoms in total. The molecule has 0 atom stereocenters. The molecule has 0 bridgehead atoms. The highest BCUT2D eigenvalue weighted by Gasteiger charge is 2.31. The minimum atomic E-state index is 0.00549. The fourth-order valence-corrected chi connectivity index (χ4v) is 4.86. The molecule has 0 unspecified atom stereocenters.